The van der Waals surface area contributed by atoms with E-state index < -0.39 is 5.97 Å². The maximum absolute atomic E-state index is 11.9. The first-order valence-corrected chi connectivity index (χ1v) is 13.0. The lowest BCUT2D eigenvalue weighted by Gasteiger charge is -2.05. The van der Waals surface area contributed by atoms with Crippen LogP contribution in [-0.4, -0.2) is 12.6 Å². The Morgan fingerprint density at radius 1 is 0.710 bits per heavy atom. The smallest absolute Gasteiger partial charge is 0.293 e. The van der Waals surface area contributed by atoms with E-state index in [0.717, 1.165) is 32.1 Å². The number of carbonyl (C=O) groups excluding carboxylic acids is 1. The summed E-state index contributed by atoms with van der Waals surface area (Å²) in [6, 6.07) is 7.58. The van der Waals surface area contributed by atoms with Crippen molar-refractivity contribution in [1.82, 2.24) is 0 Å². The molecule has 0 aliphatic heterocycles. The molecule has 3 nitrogen and oxygen atoms in total. The van der Waals surface area contributed by atoms with Crippen LogP contribution in [0, 0.1) is 6.92 Å². The van der Waals surface area contributed by atoms with Crippen LogP contribution >= 0.6 is 0 Å². The van der Waals surface area contributed by atoms with E-state index in [0.29, 0.717) is 12.2 Å². The molecule has 0 aliphatic rings. The molecule has 0 atom stereocenters. The molecule has 177 valence electrons. The molecule has 0 amide bonds. The van der Waals surface area contributed by atoms with Crippen LogP contribution in [0.2, 0.25) is 0 Å². The molecular weight excluding hydrogens is 384 g/mol. The van der Waals surface area contributed by atoms with Gasteiger partial charge in [-0.1, -0.05) is 129 Å². The number of carbonyl (C=O) groups is 1. The summed E-state index contributed by atoms with van der Waals surface area (Å²) < 4.78 is 0. The van der Waals surface area contributed by atoms with Gasteiger partial charge in [0.05, 0.1) is 12.2 Å². The first kappa shape index (κ1) is 27.7. The molecule has 0 saturated carbocycles. The van der Waals surface area contributed by atoms with E-state index >= 15 is 0 Å². The van der Waals surface area contributed by atoms with Gasteiger partial charge in [0.2, 0.25) is 0 Å². The molecule has 31 heavy (non-hydrogen) atoms. The zero-order valence-electron chi connectivity index (χ0n) is 20.2. The van der Waals surface area contributed by atoms with Gasteiger partial charge in [0, 0.05) is 0 Å². The molecule has 0 N–H and O–H groups in total. The predicted octanol–water partition coefficient (Wildman–Crippen LogP) is 8.80. The van der Waals surface area contributed by atoms with Crippen molar-refractivity contribution in [3.8, 4) is 0 Å². The number of hydrogen-bond donors (Lipinski definition) is 0. The van der Waals surface area contributed by atoms with E-state index in [-0.39, 0.29) is 0 Å². The van der Waals surface area contributed by atoms with Crippen LogP contribution in [0.15, 0.2) is 24.3 Å². The Balaban J connectivity index is 1.82. The highest BCUT2D eigenvalue weighted by Gasteiger charge is 2.08. The number of hydrogen-bond acceptors (Lipinski definition) is 3. The Bertz CT molecular complexity index is 524. The molecule has 0 bridgehead atoms. The summed E-state index contributed by atoms with van der Waals surface area (Å²) >= 11 is 0. The Morgan fingerprint density at radius 3 is 1.61 bits per heavy atom. The largest absolute Gasteiger partial charge is 0.373 e. The summed E-state index contributed by atoms with van der Waals surface area (Å²) in [4.78, 5) is 21.9. The van der Waals surface area contributed by atoms with Crippen molar-refractivity contribution in [2.75, 3.05) is 6.61 Å². The van der Waals surface area contributed by atoms with Crippen LogP contribution in [0.25, 0.3) is 0 Å². The molecule has 0 saturated heterocycles. The van der Waals surface area contributed by atoms with Gasteiger partial charge in [-0.15, -0.1) is 0 Å². The van der Waals surface area contributed by atoms with Gasteiger partial charge < -0.3 is 0 Å². The van der Waals surface area contributed by atoms with Crippen molar-refractivity contribution < 1.29 is 14.6 Å². The SMILES string of the molecule is [CH2]CCCCCCCCCCCCCCCCCOOC(=O)c1ccc(CCC)cc1. The number of benzene rings is 1. The average Bonchev–Trinajstić information content (AvgIpc) is 2.79. The minimum atomic E-state index is -0.405. The molecule has 1 radical (unpaired) electrons. The van der Waals surface area contributed by atoms with E-state index in [1.807, 2.05) is 24.3 Å². The molecule has 1 rings (SSSR count). The zero-order valence-corrected chi connectivity index (χ0v) is 20.2. The van der Waals surface area contributed by atoms with Crippen molar-refractivity contribution in [3.63, 3.8) is 0 Å². The van der Waals surface area contributed by atoms with Crippen molar-refractivity contribution in [3.05, 3.63) is 42.3 Å². The third-order valence-electron chi connectivity index (χ3n) is 5.84. The van der Waals surface area contributed by atoms with Crippen molar-refractivity contribution in [2.45, 2.75) is 122 Å². The van der Waals surface area contributed by atoms with Gasteiger partial charge in [-0.05, 0) is 30.5 Å². The summed E-state index contributed by atoms with van der Waals surface area (Å²) in [5.74, 6) is -0.405. The predicted molar refractivity (Wildman–Crippen MR) is 131 cm³/mol. The quantitative estimate of drug-likeness (QED) is 0.111. The molecule has 3 heteroatoms. The molecular formula is C28H47O3. The summed E-state index contributed by atoms with van der Waals surface area (Å²) in [6.07, 6.45) is 23.1. The molecule has 0 unspecified atom stereocenters. The maximum Gasteiger partial charge on any atom is 0.373 e. The van der Waals surface area contributed by atoms with Crippen LogP contribution < -0.4 is 0 Å². The second kappa shape index (κ2) is 20.5. The second-order valence-corrected chi connectivity index (χ2v) is 8.80. The lowest BCUT2D eigenvalue weighted by atomic mass is 10.0. The third kappa shape index (κ3) is 16.0. The maximum atomic E-state index is 11.9. The minimum absolute atomic E-state index is 0.405. The summed E-state index contributed by atoms with van der Waals surface area (Å²) in [5, 5.41) is 0. The summed E-state index contributed by atoms with van der Waals surface area (Å²) in [7, 11) is 0. The van der Waals surface area contributed by atoms with Crippen LogP contribution in [0.4, 0.5) is 0 Å². The van der Waals surface area contributed by atoms with Gasteiger partial charge in [0.15, 0.2) is 0 Å². The van der Waals surface area contributed by atoms with Crippen LogP contribution in [0.3, 0.4) is 0 Å². The topological polar surface area (TPSA) is 35.5 Å². The zero-order chi connectivity index (χ0) is 22.4. The lowest BCUT2D eigenvalue weighted by Crippen LogP contribution is -2.07. The van der Waals surface area contributed by atoms with Gasteiger partial charge in [-0.25, -0.2) is 4.79 Å². The molecule has 0 aromatic heterocycles. The first-order chi connectivity index (χ1) is 15.3. The number of rotatable bonds is 21. The Morgan fingerprint density at radius 2 is 1.16 bits per heavy atom. The van der Waals surface area contributed by atoms with Crippen molar-refractivity contribution in [1.29, 1.82) is 0 Å². The Kier molecular flexibility index (Phi) is 18.3. The lowest BCUT2D eigenvalue weighted by molar-refractivity contribution is -0.241. The molecule has 1 aromatic rings. The highest BCUT2D eigenvalue weighted by atomic mass is 17.2. The van der Waals surface area contributed by atoms with Gasteiger partial charge in [-0.3, -0.25) is 4.89 Å². The van der Waals surface area contributed by atoms with Gasteiger partial charge in [-0.2, -0.15) is 4.89 Å². The summed E-state index contributed by atoms with van der Waals surface area (Å²) in [6.45, 7) is 6.52. The number of aryl methyl sites for hydroxylation is 1. The van der Waals surface area contributed by atoms with Crippen LogP contribution in [-0.2, 0) is 16.2 Å². The monoisotopic (exact) mass is 431 g/mol. The fourth-order valence-electron chi connectivity index (χ4n) is 3.88. The molecule has 0 fully saturated rings. The normalized spacial score (nSPS) is 11.0. The Labute approximate surface area is 192 Å². The van der Waals surface area contributed by atoms with E-state index in [1.165, 1.54) is 89.0 Å². The first-order valence-electron chi connectivity index (χ1n) is 13.0. The fourth-order valence-corrected chi connectivity index (χ4v) is 3.88. The Hall–Kier alpha value is -1.35. The van der Waals surface area contributed by atoms with Crippen LogP contribution in [0.5, 0.6) is 0 Å². The molecule has 0 aliphatic carbocycles. The van der Waals surface area contributed by atoms with Gasteiger partial charge >= 0.3 is 5.97 Å². The van der Waals surface area contributed by atoms with Gasteiger partial charge in [0.25, 0.3) is 0 Å². The molecule has 0 spiro atoms. The average molecular weight is 432 g/mol. The van der Waals surface area contributed by atoms with Gasteiger partial charge in [0.1, 0.15) is 0 Å². The van der Waals surface area contributed by atoms with E-state index in [1.54, 1.807) is 0 Å². The van der Waals surface area contributed by atoms with Crippen LogP contribution in [0.1, 0.15) is 132 Å². The molecule has 0 heterocycles. The fraction of sp³-hybridized carbons (Fsp3) is 0.714. The van der Waals surface area contributed by atoms with Crippen molar-refractivity contribution >= 4 is 5.97 Å². The number of unbranched alkanes of at least 4 members (excludes halogenated alkanes) is 15. The second-order valence-electron chi connectivity index (χ2n) is 8.80. The van der Waals surface area contributed by atoms with E-state index in [4.69, 9.17) is 9.78 Å². The van der Waals surface area contributed by atoms with Crippen molar-refractivity contribution in [2.24, 2.45) is 0 Å². The van der Waals surface area contributed by atoms with E-state index in [9.17, 15) is 4.79 Å². The minimum Gasteiger partial charge on any atom is -0.293 e. The third-order valence-corrected chi connectivity index (χ3v) is 5.84. The summed E-state index contributed by atoms with van der Waals surface area (Å²) in [5.41, 5.74) is 1.79. The highest BCUT2D eigenvalue weighted by molar-refractivity contribution is 5.88. The molecule has 1 aromatic carbocycles. The standard InChI is InChI=1S/C28H47O3/c1-3-5-6-7-8-9-10-11-12-13-14-15-16-17-18-19-25-30-31-28(29)27-23-21-26(20-4-2)22-24-27/h21-24H,1,3-20,25H2,2H3. The van der Waals surface area contributed by atoms with E-state index in [2.05, 4.69) is 13.8 Å². The highest BCUT2D eigenvalue weighted by Crippen LogP contribution is 2.14.